The molecule has 2 aliphatic rings. The van der Waals surface area contributed by atoms with Crippen LogP contribution in [0.1, 0.15) is 42.7 Å². The lowest BCUT2D eigenvalue weighted by Gasteiger charge is -2.37. The van der Waals surface area contributed by atoms with E-state index in [-0.39, 0.29) is 18.4 Å². The van der Waals surface area contributed by atoms with Crippen LogP contribution in [0.25, 0.3) is 5.57 Å². The number of aryl methyl sites for hydroxylation is 2. The molecule has 30 heavy (non-hydrogen) atoms. The van der Waals surface area contributed by atoms with Gasteiger partial charge in [0.2, 0.25) is 0 Å². The zero-order valence-electron chi connectivity index (χ0n) is 18.2. The van der Waals surface area contributed by atoms with Crippen molar-refractivity contribution < 1.29 is 9.59 Å². The van der Waals surface area contributed by atoms with Crippen LogP contribution in [0.2, 0.25) is 0 Å². The topological polar surface area (TPSA) is 53.5 Å². The van der Waals surface area contributed by atoms with Gasteiger partial charge in [-0.05, 0) is 60.9 Å². The number of pyridine rings is 1. The second kappa shape index (κ2) is 8.05. The maximum absolute atomic E-state index is 13.5. The fourth-order valence-corrected chi connectivity index (χ4v) is 4.66. The highest BCUT2D eigenvalue weighted by atomic mass is 16.2. The van der Waals surface area contributed by atoms with Crippen molar-refractivity contribution in [2.45, 2.75) is 40.7 Å². The fourth-order valence-electron chi connectivity index (χ4n) is 4.66. The normalized spacial score (nSPS) is 22.3. The molecule has 156 valence electrons. The van der Waals surface area contributed by atoms with E-state index in [4.69, 9.17) is 0 Å². The molecule has 4 rings (SSSR count). The predicted molar refractivity (Wildman–Crippen MR) is 117 cm³/mol. The number of aromatic nitrogens is 1. The minimum absolute atomic E-state index is 0.190. The van der Waals surface area contributed by atoms with E-state index in [0.717, 1.165) is 30.6 Å². The number of likely N-dealkylation sites (tertiary alicyclic amines) is 1. The molecule has 0 N–H and O–H groups in total. The first-order valence-corrected chi connectivity index (χ1v) is 10.7. The molecule has 5 nitrogen and oxygen atoms in total. The number of hydrogen-bond acceptors (Lipinski definition) is 4. The molecule has 2 unspecified atom stereocenters. The van der Waals surface area contributed by atoms with E-state index in [2.05, 4.69) is 30.7 Å². The van der Waals surface area contributed by atoms with Crippen molar-refractivity contribution in [2.24, 2.45) is 11.8 Å². The number of benzene rings is 1. The SMILES string of the molecule is Cc1ccc(C2=C(N3CC(C)CC(C)C3)C(=O)N(Cc3ccccn3)C2=O)cc1C. The quantitative estimate of drug-likeness (QED) is 0.725. The number of amides is 2. The third kappa shape index (κ3) is 3.76. The van der Waals surface area contributed by atoms with Crippen LogP contribution >= 0.6 is 0 Å². The summed E-state index contributed by atoms with van der Waals surface area (Å²) in [6.45, 7) is 10.3. The van der Waals surface area contributed by atoms with Crippen LogP contribution < -0.4 is 0 Å². The highest BCUT2D eigenvalue weighted by Gasteiger charge is 2.43. The summed E-state index contributed by atoms with van der Waals surface area (Å²) in [5, 5.41) is 0. The highest BCUT2D eigenvalue weighted by molar-refractivity contribution is 6.35. The Labute approximate surface area is 178 Å². The van der Waals surface area contributed by atoms with Crippen LogP contribution in [0.15, 0.2) is 48.3 Å². The highest BCUT2D eigenvalue weighted by Crippen LogP contribution is 2.36. The molecular weight excluding hydrogens is 374 g/mol. The van der Waals surface area contributed by atoms with Gasteiger partial charge in [-0.2, -0.15) is 0 Å². The number of rotatable bonds is 4. The van der Waals surface area contributed by atoms with E-state index < -0.39 is 0 Å². The fraction of sp³-hybridized carbons (Fsp3) is 0.400. The van der Waals surface area contributed by atoms with Crippen molar-refractivity contribution in [2.75, 3.05) is 13.1 Å². The lowest BCUT2D eigenvalue weighted by molar-refractivity contribution is -0.138. The molecule has 2 aliphatic heterocycles. The lowest BCUT2D eigenvalue weighted by atomic mass is 9.90. The molecule has 5 heteroatoms. The van der Waals surface area contributed by atoms with Gasteiger partial charge in [0.05, 0.1) is 17.8 Å². The Morgan fingerprint density at radius 3 is 2.33 bits per heavy atom. The third-order valence-corrected chi connectivity index (χ3v) is 6.17. The lowest BCUT2D eigenvalue weighted by Crippen LogP contribution is -2.41. The first-order valence-electron chi connectivity index (χ1n) is 10.7. The van der Waals surface area contributed by atoms with Gasteiger partial charge in [0.15, 0.2) is 0 Å². The van der Waals surface area contributed by atoms with E-state index in [0.29, 0.717) is 28.8 Å². The minimum Gasteiger partial charge on any atom is -0.366 e. The Hall–Kier alpha value is -2.95. The molecule has 1 saturated heterocycles. The zero-order chi connectivity index (χ0) is 21.4. The average molecular weight is 404 g/mol. The first kappa shape index (κ1) is 20.3. The van der Waals surface area contributed by atoms with Crippen molar-refractivity contribution in [1.82, 2.24) is 14.8 Å². The zero-order valence-corrected chi connectivity index (χ0v) is 18.2. The summed E-state index contributed by atoms with van der Waals surface area (Å²) in [7, 11) is 0. The van der Waals surface area contributed by atoms with Crippen molar-refractivity contribution in [3.8, 4) is 0 Å². The smallest absolute Gasteiger partial charge is 0.278 e. The summed E-state index contributed by atoms with van der Waals surface area (Å²) in [5.74, 6) is 0.528. The summed E-state index contributed by atoms with van der Waals surface area (Å²) in [4.78, 5) is 34.9. The van der Waals surface area contributed by atoms with Crippen LogP contribution in [0.5, 0.6) is 0 Å². The molecule has 0 radical (unpaired) electrons. The van der Waals surface area contributed by atoms with Gasteiger partial charge >= 0.3 is 0 Å². The van der Waals surface area contributed by atoms with Gasteiger partial charge in [0, 0.05) is 19.3 Å². The third-order valence-electron chi connectivity index (χ3n) is 6.17. The summed E-state index contributed by atoms with van der Waals surface area (Å²) >= 11 is 0. The van der Waals surface area contributed by atoms with E-state index in [1.54, 1.807) is 6.20 Å². The monoisotopic (exact) mass is 403 g/mol. The van der Waals surface area contributed by atoms with Crippen LogP contribution in [-0.4, -0.2) is 39.7 Å². The Morgan fingerprint density at radius 2 is 1.70 bits per heavy atom. The van der Waals surface area contributed by atoms with Crippen LogP contribution in [0.3, 0.4) is 0 Å². The van der Waals surface area contributed by atoms with Gasteiger partial charge in [-0.15, -0.1) is 0 Å². The van der Waals surface area contributed by atoms with Gasteiger partial charge < -0.3 is 4.90 Å². The molecule has 2 aromatic rings. The van der Waals surface area contributed by atoms with Gasteiger partial charge in [-0.25, -0.2) is 0 Å². The van der Waals surface area contributed by atoms with E-state index in [9.17, 15) is 9.59 Å². The first-order chi connectivity index (χ1) is 14.3. The maximum atomic E-state index is 13.5. The molecule has 0 saturated carbocycles. The molecule has 1 fully saturated rings. The minimum atomic E-state index is -0.227. The Bertz CT molecular complexity index is 1000. The van der Waals surface area contributed by atoms with Crippen LogP contribution in [-0.2, 0) is 16.1 Å². The number of imide groups is 1. The van der Waals surface area contributed by atoms with Gasteiger partial charge in [-0.1, -0.05) is 38.1 Å². The van der Waals surface area contributed by atoms with E-state index >= 15 is 0 Å². The molecule has 0 spiro atoms. The van der Waals surface area contributed by atoms with Gasteiger partial charge in [0.25, 0.3) is 11.8 Å². The molecule has 1 aromatic heterocycles. The average Bonchev–Trinajstić information content (AvgIpc) is 2.95. The number of piperidine rings is 1. The Kier molecular flexibility index (Phi) is 5.46. The largest absolute Gasteiger partial charge is 0.366 e. The van der Waals surface area contributed by atoms with Crippen molar-refractivity contribution >= 4 is 17.4 Å². The van der Waals surface area contributed by atoms with E-state index in [1.807, 2.05) is 43.3 Å². The van der Waals surface area contributed by atoms with Crippen LogP contribution in [0, 0.1) is 25.7 Å². The Morgan fingerprint density at radius 1 is 0.967 bits per heavy atom. The van der Waals surface area contributed by atoms with E-state index in [1.165, 1.54) is 10.5 Å². The number of carbonyl (C=O) groups excluding carboxylic acids is 2. The summed E-state index contributed by atoms with van der Waals surface area (Å²) in [5.41, 5.74) is 4.89. The number of hydrogen-bond donors (Lipinski definition) is 0. The van der Waals surface area contributed by atoms with Crippen molar-refractivity contribution in [3.63, 3.8) is 0 Å². The molecule has 2 atom stereocenters. The molecular formula is C25H29N3O2. The molecule has 1 aromatic carbocycles. The Balaban J connectivity index is 1.78. The predicted octanol–water partition coefficient (Wildman–Crippen LogP) is 3.96. The molecule has 3 heterocycles. The van der Waals surface area contributed by atoms with Gasteiger partial charge in [0.1, 0.15) is 5.70 Å². The second-order valence-corrected chi connectivity index (χ2v) is 8.89. The van der Waals surface area contributed by atoms with Gasteiger partial charge in [-0.3, -0.25) is 19.5 Å². The summed E-state index contributed by atoms with van der Waals surface area (Å²) < 4.78 is 0. The number of carbonyl (C=O) groups is 2. The van der Waals surface area contributed by atoms with Crippen molar-refractivity contribution in [1.29, 1.82) is 0 Å². The maximum Gasteiger partial charge on any atom is 0.278 e. The summed E-state index contributed by atoms with van der Waals surface area (Å²) in [6, 6.07) is 11.6. The molecule has 0 aliphatic carbocycles. The summed E-state index contributed by atoms with van der Waals surface area (Å²) in [6.07, 6.45) is 2.83. The standard InChI is InChI=1S/C25H29N3O2/c1-16-11-17(2)14-27(13-16)23-22(20-9-8-18(3)19(4)12-20)24(29)28(25(23)30)15-21-7-5-6-10-26-21/h5-10,12,16-17H,11,13-15H2,1-4H3. The van der Waals surface area contributed by atoms with Crippen LogP contribution in [0.4, 0.5) is 0 Å². The van der Waals surface area contributed by atoms with Crippen molar-refractivity contribution in [3.05, 3.63) is 70.7 Å². The number of nitrogens with zero attached hydrogens (tertiary/aromatic N) is 3. The molecule has 2 amide bonds. The molecule has 0 bridgehead atoms. The second-order valence-electron chi connectivity index (χ2n) is 8.89.